The number of benzene rings is 1. The van der Waals surface area contributed by atoms with Crippen LogP contribution in [0.5, 0.6) is 0 Å². The second kappa shape index (κ2) is 6.62. The fraction of sp³-hybridized carbons (Fsp3) is 0.684. The van der Waals surface area contributed by atoms with Crippen LogP contribution in [0.3, 0.4) is 0 Å². The molecule has 0 nitrogen and oxygen atoms in total. The number of hydrogen-bond donors (Lipinski definition) is 0. The van der Waals surface area contributed by atoms with Crippen molar-refractivity contribution in [3.8, 4) is 0 Å². The number of hydrogen-bond acceptors (Lipinski definition) is 0. The molecule has 0 saturated heterocycles. The molecule has 1 rings (SSSR count). The van der Waals surface area contributed by atoms with Crippen LogP contribution in [-0.4, -0.2) is 14.2 Å². The van der Waals surface area contributed by atoms with Crippen LogP contribution < -0.4 is 4.40 Å². The van der Waals surface area contributed by atoms with Gasteiger partial charge in [-0.05, 0) is 0 Å². The molecule has 0 aromatic heterocycles. The van der Waals surface area contributed by atoms with Crippen molar-refractivity contribution in [2.75, 3.05) is 0 Å². The molecule has 0 aliphatic carbocycles. The van der Waals surface area contributed by atoms with Gasteiger partial charge in [-0.2, -0.15) is 0 Å². The fourth-order valence-corrected chi connectivity index (χ4v) is 7.30. The van der Waals surface area contributed by atoms with E-state index >= 15 is 7.00 Å². The molecule has 0 radical (unpaired) electrons. The van der Waals surface area contributed by atoms with Crippen molar-refractivity contribution in [2.24, 2.45) is 0 Å². The molecule has 1 aromatic rings. The van der Waals surface area contributed by atoms with Crippen molar-refractivity contribution < 1.29 is 7.00 Å². The molecule has 0 N–H and O–H groups in total. The quantitative estimate of drug-likeness (QED) is 0.534. The summed E-state index contributed by atoms with van der Waals surface area (Å²) in [6, 6.07) is 4.09. The standard InChI is InChI=1S/C19H32F2Ge/c1-12(2)15-10-16(13(3)4)18(17(11-15)14(5)6)22(20,21)19(7,8)9/h10-14H,1-9H3. The number of halogens is 2. The molecule has 0 heterocycles. The summed E-state index contributed by atoms with van der Waals surface area (Å²) in [6.45, 7) is 17.5. The van der Waals surface area contributed by atoms with Crippen LogP contribution in [-0.2, 0) is 0 Å². The third-order valence-electron chi connectivity index (χ3n) is 4.39. The summed E-state index contributed by atoms with van der Waals surface area (Å²) in [5.41, 5.74) is 2.95. The Morgan fingerprint density at radius 3 is 1.36 bits per heavy atom. The zero-order valence-electron chi connectivity index (χ0n) is 15.6. The molecule has 0 fully saturated rings. The van der Waals surface area contributed by atoms with Gasteiger partial charge in [0.05, 0.1) is 0 Å². The van der Waals surface area contributed by atoms with Gasteiger partial charge >= 0.3 is 139 Å². The molecule has 126 valence electrons. The summed E-state index contributed by atoms with van der Waals surface area (Å²) >= 11 is -5.15. The van der Waals surface area contributed by atoms with Crippen LogP contribution in [0.4, 0.5) is 7.00 Å². The van der Waals surface area contributed by atoms with Crippen LogP contribution in [0, 0.1) is 0 Å². The minimum absolute atomic E-state index is 0.130. The minimum atomic E-state index is -5.15. The summed E-state index contributed by atoms with van der Waals surface area (Å²) < 4.78 is 30.4. The first kappa shape index (κ1) is 19.7. The first-order valence-electron chi connectivity index (χ1n) is 8.36. The topological polar surface area (TPSA) is 0 Å². The van der Waals surface area contributed by atoms with Gasteiger partial charge in [0.1, 0.15) is 0 Å². The van der Waals surface area contributed by atoms with E-state index < -0.39 is 18.4 Å². The summed E-state index contributed by atoms with van der Waals surface area (Å²) in [4.78, 5) is 0. The van der Waals surface area contributed by atoms with Gasteiger partial charge in [-0.3, -0.25) is 0 Å². The third-order valence-corrected chi connectivity index (χ3v) is 10.9. The predicted octanol–water partition coefficient (Wildman–Crippen LogP) is 6.45. The fourth-order valence-electron chi connectivity index (χ4n) is 2.69. The van der Waals surface area contributed by atoms with E-state index in [9.17, 15) is 0 Å². The van der Waals surface area contributed by atoms with E-state index in [4.69, 9.17) is 0 Å². The Kier molecular flexibility index (Phi) is 5.92. The molecule has 22 heavy (non-hydrogen) atoms. The maximum atomic E-state index is 15.4. The van der Waals surface area contributed by atoms with Crippen LogP contribution in [0.1, 0.15) is 96.8 Å². The van der Waals surface area contributed by atoms with Crippen LogP contribution >= 0.6 is 0 Å². The van der Waals surface area contributed by atoms with Gasteiger partial charge in [-0.25, -0.2) is 0 Å². The van der Waals surface area contributed by atoms with Crippen LogP contribution in [0.2, 0.25) is 4.25 Å². The van der Waals surface area contributed by atoms with E-state index in [1.807, 2.05) is 39.8 Å². The van der Waals surface area contributed by atoms with E-state index in [1.54, 1.807) is 20.8 Å². The van der Waals surface area contributed by atoms with Gasteiger partial charge in [0.15, 0.2) is 0 Å². The Balaban J connectivity index is 3.81. The van der Waals surface area contributed by atoms with Gasteiger partial charge in [-0.15, -0.1) is 0 Å². The molecule has 0 aliphatic heterocycles. The van der Waals surface area contributed by atoms with Gasteiger partial charge in [0.25, 0.3) is 0 Å². The molecule has 0 atom stereocenters. The predicted molar refractivity (Wildman–Crippen MR) is 96.0 cm³/mol. The van der Waals surface area contributed by atoms with E-state index in [0.717, 1.165) is 11.1 Å². The Morgan fingerprint density at radius 2 is 1.14 bits per heavy atom. The molecule has 0 spiro atoms. The van der Waals surface area contributed by atoms with Crippen molar-refractivity contribution >= 4 is 18.6 Å². The van der Waals surface area contributed by atoms with Gasteiger partial charge in [0, 0.05) is 0 Å². The van der Waals surface area contributed by atoms with Gasteiger partial charge < -0.3 is 0 Å². The molecule has 0 bridgehead atoms. The van der Waals surface area contributed by atoms with Crippen LogP contribution in [0.25, 0.3) is 0 Å². The van der Waals surface area contributed by atoms with E-state index in [-0.39, 0.29) is 11.8 Å². The van der Waals surface area contributed by atoms with Crippen molar-refractivity contribution in [2.45, 2.75) is 84.3 Å². The summed E-state index contributed by atoms with van der Waals surface area (Å²) in [5, 5.41) is 0. The molecule has 0 saturated carbocycles. The molecule has 1 aromatic carbocycles. The molecule has 0 unspecified atom stereocenters. The van der Waals surface area contributed by atoms with Gasteiger partial charge in [-0.1, -0.05) is 0 Å². The van der Waals surface area contributed by atoms with Crippen molar-refractivity contribution in [1.29, 1.82) is 0 Å². The molecule has 0 amide bonds. The zero-order valence-corrected chi connectivity index (χ0v) is 17.7. The van der Waals surface area contributed by atoms with E-state index in [2.05, 4.69) is 13.8 Å². The Hall–Kier alpha value is -0.377. The number of rotatable bonds is 4. The van der Waals surface area contributed by atoms with E-state index in [1.165, 1.54) is 5.56 Å². The summed E-state index contributed by atoms with van der Waals surface area (Å²) in [7, 11) is 0. The Morgan fingerprint density at radius 1 is 0.773 bits per heavy atom. The monoisotopic (exact) mass is 372 g/mol. The summed E-state index contributed by atoms with van der Waals surface area (Å²) in [5.74, 6) is 0.620. The van der Waals surface area contributed by atoms with Crippen LogP contribution in [0.15, 0.2) is 12.1 Å². The first-order valence-corrected chi connectivity index (χ1v) is 12.0. The van der Waals surface area contributed by atoms with Crippen molar-refractivity contribution in [1.82, 2.24) is 0 Å². The molecular formula is C19H32F2Ge. The van der Waals surface area contributed by atoms with Gasteiger partial charge in [0.2, 0.25) is 0 Å². The first-order chi connectivity index (χ1) is 9.80. The Bertz CT molecular complexity index is 494. The SMILES string of the molecule is CC(C)c1cc(C(C)C)[c]([Ge]([F])([F])[C](C)(C)C)c(C(C)C)c1. The second-order valence-corrected chi connectivity index (χ2v) is 15.0. The second-order valence-electron chi connectivity index (χ2n) is 8.36. The molecular weight excluding hydrogens is 339 g/mol. The zero-order chi connectivity index (χ0) is 17.5. The third kappa shape index (κ3) is 3.75. The van der Waals surface area contributed by atoms with E-state index in [0.29, 0.717) is 10.3 Å². The normalized spacial score (nSPS) is 13.5. The molecule has 0 aliphatic rings. The Labute approximate surface area is 139 Å². The van der Waals surface area contributed by atoms with Crippen molar-refractivity contribution in [3.05, 3.63) is 28.8 Å². The summed E-state index contributed by atoms with van der Waals surface area (Å²) in [6.07, 6.45) is 0. The van der Waals surface area contributed by atoms with Crippen molar-refractivity contribution in [3.63, 3.8) is 0 Å². The average Bonchev–Trinajstić information content (AvgIpc) is 2.35. The average molecular weight is 371 g/mol. The molecule has 3 heteroatoms. The maximum absolute atomic E-state index is 15.4.